The fraction of sp³-hybridized carbons (Fsp3) is 0.900. The van der Waals surface area contributed by atoms with Crippen molar-refractivity contribution in [2.75, 3.05) is 7.11 Å². The highest BCUT2D eigenvalue weighted by atomic mass is 16.2. The summed E-state index contributed by atoms with van der Waals surface area (Å²) in [6.07, 6.45) is 20.9. The van der Waals surface area contributed by atoms with E-state index in [1.165, 1.54) is 57.8 Å². The summed E-state index contributed by atoms with van der Waals surface area (Å²) in [5.74, 6) is 5.41. The third kappa shape index (κ3) is 5.21. The van der Waals surface area contributed by atoms with Gasteiger partial charge in [-0.05, 0) is 91.3 Å². The summed E-state index contributed by atoms with van der Waals surface area (Å²) in [7, 11) is 1.00. The molecule has 32 heavy (non-hydrogen) atoms. The number of carbonyl (C=O) groups excluding carboxylic acids is 1. The van der Waals surface area contributed by atoms with Crippen LogP contribution in [0, 0.1) is 46.3 Å². The van der Waals surface area contributed by atoms with Gasteiger partial charge in [0.15, 0.2) is 0 Å². The van der Waals surface area contributed by atoms with Crippen molar-refractivity contribution < 1.29 is 9.90 Å². The summed E-state index contributed by atoms with van der Waals surface area (Å²) in [6.45, 7) is 13.8. The summed E-state index contributed by atoms with van der Waals surface area (Å²) >= 11 is 0. The van der Waals surface area contributed by atoms with Gasteiger partial charge < -0.3 is 5.11 Å². The second kappa shape index (κ2) is 12.2. The van der Waals surface area contributed by atoms with Gasteiger partial charge in [0.2, 0.25) is 0 Å². The summed E-state index contributed by atoms with van der Waals surface area (Å²) in [5.41, 5.74) is 1.01. The van der Waals surface area contributed by atoms with E-state index in [0.29, 0.717) is 22.5 Å². The second-order valence-corrected chi connectivity index (χ2v) is 11.6. The number of carbonyl (C=O) groups is 1. The van der Waals surface area contributed by atoms with Crippen LogP contribution in [0.25, 0.3) is 0 Å². The van der Waals surface area contributed by atoms with Crippen LogP contribution in [0.3, 0.4) is 0 Å². The minimum absolute atomic E-state index is 0.391. The number of hydrogen-bond donors (Lipinski definition) is 1. The van der Waals surface area contributed by atoms with Gasteiger partial charge in [0.25, 0.3) is 0 Å². The first-order valence-corrected chi connectivity index (χ1v) is 14.1. The molecule has 3 saturated carbocycles. The van der Waals surface area contributed by atoms with Gasteiger partial charge in [-0.1, -0.05) is 73.0 Å². The maximum absolute atomic E-state index is 12.1. The molecule has 0 aromatic rings. The Kier molecular flexibility index (Phi) is 10.5. The molecule has 4 aliphatic rings. The molecule has 4 unspecified atom stereocenters. The van der Waals surface area contributed by atoms with Crippen LogP contribution in [0.1, 0.15) is 119 Å². The quantitative estimate of drug-likeness (QED) is 0.329. The van der Waals surface area contributed by atoms with E-state index >= 15 is 0 Å². The number of aliphatic hydroxyl groups excluding tert-OH is 1. The van der Waals surface area contributed by atoms with Crippen LogP contribution >= 0.6 is 0 Å². The molecule has 0 radical (unpaired) electrons. The number of aliphatic hydroxyl groups is 1. The lowest BCUT2D eigenvalue weighted by Crippen LogP contribution is -2.52. The van der Waals surface area contributed by atoms with Crippen molar-refractivity contribution >= 4 is 5.78 Å². The van der Waals surface area contributed by atoms with Gasteiger partial charge in [0.1, 0.15) is 5.78 Å². The Morgan fingerprint density at radius 3 is 2.41 bits per heavy atom. The normalized spacial score (nSPS) is 39.8. The molecular formula is C30H54O2. The third-order valence-corrected chi connectivity index (χ3v) is 10.1. The van der Waals surface area contributed by atoms with Crippen LogP contribution in [0.15, 0.2) is 12.2 Å². The molecule has 4 rings (SSSR count). The predicted octanol–water partition coefficient (Wildman–Crippen LogP) is 8.23. The number of unbranched alkanes of at least 4 members (excludes halogenated alkanes) is 1. The molecule has 3 fully saturated rings. The minimum Gasteiger partial charge on any atom is -0.400 e. The monoisotopic (exact) mass is 446 g/mol. The van der Waals surface area contributed by atoms with Crippen molar-refractivity contribution in [3.8, 4) is 0 Å². The molecule has 0 spiro atoms. The molecule has 0 aromatic heterocycles. The van der Waals surface area contributed by atoms with Crippen LogP contribution < -0.4 is 0 Å². The highest BCUT2D eigenvalue weighted by Crippen LogP contribution is 2.67. The molecule has 1 N–H and O–H groups in total. The number of rotatable bonds is 6. The van der Waals surface area contributed by atoms with Gasteiger partial charge in [-0.15, -0.1) is 0 Å². The molecule has 0 saturated heterocycles. The second-order valence-electron chi connectivity index (χ2n) is 11.6. The minimum atomic E-state index is 0.391. The number of ketones is 1. The van der Waals surface area contributed by atoms with Gasteiger partial charge in [0, 0.05) is 20.0 Å². The first-order chi connectivity index (χ1) is 15.4. The maximum atomic E-state index is 12.1. The highest BCUT2D eigenvalue weighted by molar-refractivity contribution is 5.80. The highest BCUT2D eigenvalue weighted by Gasteiger charge is 2.59. The Balaban J connectivity index is 0.000000860. The maximum Gasteiger partial charge on any atom is 0.133 e. The Morgan fingerprint density at radius 1 is 1.03 bits per heavy atom. The first kappa shape index (κ1) is 27.6. The molecule has 2 heteroatoms. The van der Waals surface area contributed by atoms with Crippen molar-refractivity contribution in [3.05, 3.63) is 12.2 Å². The van der Waals surface area contributed by atoms with Gasteiger partial charge in [-0.3, -0.25) is 4.79 Å². The van der Waals surface area contributed by atoms with E-state index in [1.807, 2.05) is 13.8 Å². The Hall–Kier alpha value is -0.630. The van der Waals surface area contributed by atoms with Crippen molar-refractivity contribution in [1.29, 1.82) is 0 Å². The molecule has 186 valence electrons. The van der Waals surface area contributed by atoms with E-state index in [-0.39, 0.29) is 0 Å². The van der Waals surface area contributed by atoms with Gasteiger partial charge >= 0.3 is 0 Å². The average molecular weight is 447 g/mol. The van der Waals surface area contributed by atoms with Crippen LogP contribution in [0.4, 0.5) is 0 Å². The Labute approximate surface area is 200 Å². The topological polar surface area (TPSA) is 37.3 Å². The summed E-state index contributed by atoms with van der Waals surface area (Å²) < 4.78 is 0. The third-order valence-electron chi connectivity index (χ3n) is 10.1. The lowest BCUT2D eigenvalue weighted by atomic mass is 9.46. The number of allylic oxidation sites excluding steroid dienone is 2. The smallest absolute Gasteiger partial charge is 0.133 e. The van der Waals surface area contributed by atoms with Gasteiger partial charge in [0.05, 0.1) is 0 Å². The molecule has 7 atom stereocenters. The predicted molar refractivity (Wildman–Crippen MR) is 138 cm³/mol. The summed E-state index contributed by atoms with van der Waals surface area (Å²) in [5, 5.41) is 7.00. The van der Waals surface area contributed by atoms with E-state index in [2.05, 4.69) is 39.8 Å². The average Bonchev–Trinajstić information content (AvgIpc) is 3.19. The number of hydrogen-bond acceptors (Lipinski definition) is 2. The number of fused-ring (bicyclic) bond motifs is 5. The van der Waals surface area contributed by atoms with Crippen LogP contribution in [0.5, 0.6) is 0 Å². The largest absolute Gasteiger partial charge is 0.400 e. The Morgan fingerprint density at radius 2 is 1.75 bits per heavy atom. The zero-order valence-electron chi connectivity index (χ0n) is 22.5. The SMILES string of the molecule is CC.CCC12CCC3C(C=C[C@H]4CC(=O)CC[C@]34C)[C@@H]1CCC2CCCCC(C)C.CO. The van der Waals surface area contributed by atoms with E-state index in [0.717, 1.165) is 56.0 Å². The van der Waals surface area contributed by atoms with Crippen LogP contribution in [-0.4, -0.2) is 18.0 Å². The van der Waals surface area contributed by atoms with Gasteiger partial charge in [-0.2, -0.15) is 0 Å². The molecular weight excluding hydrogens is 392 g/mol. The lowest BCUT2D eigenvalue weighted by Gasteiger charge is -2.58. The van der Waals surface area contributed by atoms with E-state index in [1.54, 1.807) is 0 Å². The van der Waals surface area contributed by atoms with Crippen molar-refractivity contribution in [1.82, 2.24) is 0 Å². The van der Waals surface area contributed by atoms with Crippen LogP contribution in [0.2, 0.25) is 0 Å². The van der Waals surface area contributed by atoms with Crippen LogP contribution in [-0.2, 0) is 4.79 Å². The van der Waals surface area contributed by atoms with E-state index in [9.17, 15) is 4.79 Å². The molecule has 4 aliphatic carbocycles. The standard InChI is InChI=1S/C27H44O.C2H6.CH4O/c1-5-27-17-15-24-23(12-10-21-18-22(28)14-16-26(21,24)4)25(27)13-11-20(27)9-7-6-8-19(2)3;2*1-2/h10,12,19-21,23-25H,5-9,11,13-18H2,1-4H3;1-2H3;2H,1H3/t20?,21-,23?,24?,25-,26-,27?;;/m0../s1. The Bertz CT molecular complexity index is 608. The number of Topliss-reactive ketones (excluding diaryl/α,β-unsaturated/α-hetero) is 1. The fourth-order valence-corrected chi connectivity index (χ4v) is 8.45. The summed E-state index contributed by atoms with van der Waals surface area (Å²) in [4.78, 5) is 12.1. The zero-order valence-corrected chi connectivity index (χ0v) is 22.5. The van der Waals surface area contributed by atoms with Gasteiger partial charge in [-0.25, -0.2) is 0 Å². The molecule has 0 aromatic carbocycles. The van der Waals surface area contributed by atoms with Crippen molar-refractivity contribution in [2.45, 2.75) is 119 Å². The molecule has 0 aliphatic heterocycles. The zero-order chi connectivity index (χ0) is 23.9. The van der Waals surface area contributed by atoms with E-state index in [4.69, 9.17) is 5.11 Å². The molecule has 0 amide bonds. The van der Waals surface area contributed by atoms with E-state index < -0.39 is 0 Å². The fourth-order valence-electron chi connectivity index (χ4n) is 8.45. The molecule has 0 heterocycles. The molecule has 0 bridgehead atoms. The molecule has 2 nitrogen and oxygen atoms in total. The summed E-state index contributed by atoms with van der Waals surface area (Å²) in [6, 6.07) is 0. The first-order valence-electron chi connectivity index (χ1n) is 14.1. The van der Waals surface area contributed by atoms with Crippen molar-refractivity contribution in [3.63, 3.8) is 0 Å². The van der Waals surface area contributed by atoms with Crippen molar-refractivity contribution in [2.24, 2.45) is 46.3 Å². The lowest BCUT2D eigenvalue weighted by molar-refractivity contribution is -0.129.